The van der Waals surface area contributed by atoms with Gasteiger partial charge in [0.25, 0.3) is 0 Å². The SMILES string of the molecule is CCCCOc1ccc(C(=O)CCN2CCOCC2)cc1.Cl. The molecule has 0 atom stereocenters. The maximum Gasteiger partial charge on any atom is 0.164 e. The molecule has 0 spiro atoms. The second kappa shape index (κ2) is 10.6. The van der Waals surface area contributed by atoms with Gasteiger partial charge in [0.1, 0.15) is 5.75 Å². The third kappa shape index (κ3) is 6.34. The molecule has 5 heteroatoms. The number of halogens is 1. The minimum absolute atomic E-state index is 0. The molecule has 1 saturated heterocycles. The lowest BCUT2D eigenvalue weighted by atomic mass is 10.1. The van der Waals surface area contributed by atoms with Crippen LogP contribution in [0.15, 0.2) is 24.3 Å². The van der Waals surface area contributed by atoms with Crippen molar-refractivity contribution in [1.29, 1.82) is 0 Å². The molecule has 0 saturated carbocycles. The van der Waals surface area contributed by atoms with Crippen LogP contribution < -0.4 is 4.74 Å². The molecule has 1 heterocycles. The summed E-state index contributed by atoms with van der Waals surface area (Å²) < 4.78 is 10.9. The Balaban J connectivity index is 0.00000242. The Morgan fingerprint density at radius 1 is 1.23 bits per heavy atom. The number of nitrogens with zero attached hydrogens (tertiary/aromatic N) is 1. The van der Waals surface area contributed by atoms with Gasteiger partial charge in [-0.1, -0.05) is 13.3 Å². The number of ketones is 1. The van der Waals surface area contributed by atoms with E-state index in [2.05, 4.69) is 11.8 Å². The summed E-state index contributed by atoms with van der Waals surface area (Å²) in [5.74, 6) is 1.04. The van der Waals surface area contributed by atoms with Gasteiger partial charge in [0.2, 0.25) is 0 Å². The molecule has 22 heavy (non-hydrogen) atoms. The fourth-order valence-corrected chi connectivity index (χ4v) is 2.30. The van der Waals surface area contributed by atoms with Gasteiger partial charge in [-0.05, 0) is 30.7 Å². The van der Waals surface area contributed by atoms with E-state index < -0.39 is 0 Å². The number of ether oxygens (including phenoxy) is 2. The molecule has 1 aromatic carbocycles. The number of unbranched alkanes of at least 4 members (excludes halogenated alkanes) is 1. The largest absolute Gasteiger partial charge is 0.494 e. The van der Waals surface area contributed by atoms with Crippen molar-refractivity contribution in [2.45, 2.75) is 26.2 Å². The van der Waals surface area contributed by atoms with E-state index in [1.807, 2.05) is 24.3 Å². The first kappa shape index (κ1) is 18.9. The zero-order valence-electron chi connectivity index (χ0n) is 13.3. The summed E-state index contributed by atoms with van der Waals surface area (Å²) in [6.07, 6.45) is 2.74. The minimum Gasteiger partial charge on any atom is -0.494 e. The van der Waals surface area contributed by atoms with E-state index in [0.717, 1.165) is 63.6 Å². The third-order valence-electron chi connectivity index (χ3n) is 3.70. The minimum atomic E-state index is 0. The van der Waals surface area contributed by atoms with Gasteiger partial charge in [0.05, 0.1) is 19.8 Å². The molecule has 0 aromatic heterocycles. The molecule has 0 unspecified atom stereocenters. The maximum atomic E-state index is 12.2. The number of benzene rings is 1. The fourth-order valence-electron chi connectivity index (χ4n) is 2.30. The van der Waals surface area contributed by atoms with Crippen LogP contribution in [0.5, 0.6) is 5.75 Å². The highest BCUT2D eigenvalue weighted by Gasteiger charge is 2.13. The molecule has 0 N–H and O–H groups in total. The summed E-state index contributed by atoms with van der Waals surface area (Å²) in [6, 6.07) is 7.50. The number of morpholine rings is 1. The van der Waals surface area contributed by atoms with Gasteiger partial charge in [0.15, 0.2) is 5.78 Å². The maximum absolute atomic E-state index is 12.2. The van der Waals surface area contributed by atoms with Crippen molar-refractivity contribution >= 4 is 18.2 Å². The van der Waals surface area contributed by atoms with E-state index in [9.17, 15) is 4.79 Å². The van der Waals surface area contributed by atoms with Crippen LogP contribution in [-0.4, -0.2) is 50.1 Å². The highest BCUT2D eigenvalue weighted by Crippen LogP contribution is 2.14. The van der Waals surface area contributed by atoms with Crippen molar-refractivity contribution in [3.05, 3.63) is 29.8 Å². The van der Waals surface area contributed by atoms with Crippen LogP contribution in [0.25, 0.3) is 0 Å². The van der Waals surface area contributed by atoms with Crippen molar-refractivity contribution in [2.75, 3.05) is 39.5 Å². The second-order valence-electron chi connectivity index (χ2n) is 5.35. The Labute approximate surface area is 139 Å². The van der Waals surface area contributed by atoms with Gasteiger partial charge in [-0.15, -0.1) is 12.4 Å². The van der Waals surface area contributed by atoms with Gasteiger partial charge in [0, 0.05) is 31.6 Å². The summed E-state index contributed by atoms with van der Waals surface area (Å²) in [7, 11) is 0. The van der Waals surface area contributed by atoms with E-state index >= 15 is 0 Å². The normalized spacial score (nSPS) is 15.1. The Morgan fingerprint density at radius 2 is 1.91 bits per heavy atom. The van der Waals surface area contributed by atoms with Crippen LogP contribution in [-0.2, 0) is 4.74 Å². The molecule has 0 bridgehead atoms. The van der Waals surface area contributed by atoms with Gasteiger partial charge in [-0.3, -0.25) is 9.69 Å². The molecule has 2 rings (SSSR count). The Morgan fingerprint density at radius 3 is 2.55 bits per heavy atom. The lowest BCUT2D eigenvalue weighted by Gasteiger charge is -2.26. The van der Waals surface area contributed by atoms with Crippen molar-refractivity contribution < 1.29 is 14.3 Å². The first-order valence-corrected chi connectivity index (χ1v) is 7.85. The van der Waals surface area contributed by atoms with Crippen molar-refractivity contribution in [3.63, 3.8) is 0 Å². The standard InChI is InChI=1S/C17H25NO3.ClH/c1-2-3-12-21-16-6-4-15(5-7-16)17(19)8-9-18-10-13-20-14-11-18;/h4-7H,2-3,8-14H2,1H3;1H. The molecule has 1 aliphatic heterocycles. The highest BCUT2D eigenvalue weighted by molar-refractivity contribution is 5.96. The molecular weight excluding hydrogens is 302 g/mol. The molecule has 1 aromatic rings. The van der Waals surface area contributed by atoms with Crippen LogP contribution in [0.2, 0.25) is 0 Å². The number of hydrogen-bond donors (Lipinski definition) is 0. The highest BCUT2D eigenvalue weighted by atomic mass is 35.5. The van der Waals surface area contributed by atoms with Gasteiger partial charge in [-0.25, -0.2) is 0 Å². The monoisotopic (exact) mass is 327 g/mol. The molecule has 124 valence electrons. The quantitative estimate of drug-likeness (QED) is 0.543. The van der Waals surface area contributed by atoms with Crippen LogP contribution in [0.3, 0.4) is 0 Å². The summed E-state index contributed by atoms with van der Waals surface area (Å²) in [5, 5.41) is 0. The zero-order chi connectivity index (χ0) is 14.9. The lowest BCUT2D eigenvalue weighted by Crippen LogP contribution is -2.37. The van der Waals surface area contributed by atoms with Crippen molar-refractivity contribution in [3.8, 4) is 5.75 Å². The van der Waals surface area contributed by atoms with E-state index in [4.69, 9.17) is 9.47 Å². The number of hydrogen-bond acceptors (Lipinski definition) is 4. The Hall–Kier alpha value is -1.10. The average Bonchev–Trinajstić information content (AvgIpc) is 2.54. The van der Waals surface area contributed by atoms with Crippen LogP contribution in [0.1, 0.15) is 36.5 Å². The number of Topliss-reactive ketones (excluding diaryl/α,β-unsaturated/α-hetero) is 1. The van der Waals surface area contributed by atoms with Crippen LogP contribution in [0.4, 0.5) is 0 Å². The van der Waals surface area contributed by atoms with E-state index in [0.29, 0.717) is 6.42 Å². The van der Waals surface area contributed by atoms with Gasteiger partial charge >= 0.3 is 0 Å². The van der Waals surface area contributed by atoms with Gasteiger partial charge in [-0.2, -0.15) is 0 Å². The molecular formula is C17H26ClNO3. The predicted octanol–water partition coefficient (Wildman–Crippen LogP) is 3.19. The first-order chi connectivity index (χ1) is 10.3. The predicted molar refractivity (Wildman–Crippen MR) is 90.3 cm³/mol. The third-order valence-corrected chi connectivity index (χ3v) is 3.70. The summed E-state index contributed by atoms with van der Waals surface area (Å²) >= 11 is 0. The first-order valence-electron chi connectivity index (χ1n) is 7.85. The lowest BCUT2D eigenvalue weighted by molar-refractivity contribution is 0.0370. The molecule has 4 nitrogen and oxygen atoms in total. The number of carbonyl (C=O) groups excluding carboxylic acids is 1. The van der Waals surface area contributed by atoms with E-state index in [1.165, 1.54) is 0 Å². The number of rotatable bonds is 8. The molecule has 1 fully saturated rings. The Kier molecular flexibility index (Phi) is 9.13. The fraction of sp³-hybridized carbons (Fsp3) is 0.588. The Bertz CT molecular complexity index is 430. The van der Waals surface area contributed by atoms with Crippen LogP contribution in [0, 0.1) is 0 Å². The summed E-state index contributed by atoms with van der Waals surface area (Å²) in [5.41, 5.74) is 0.770. The van der Waals surface area contributed by atoms with E-state index in [-0.39, 0.29) is 18.2 Å². The molecule has 0 aliphatic carbocycles. The number of carbonyl (C=O) groups is 1. The van der Waals surface area contributed by atoms with Gasteiger partial charge < -0.3 is 9.47 Å². The smallest absolute Gasteiger partial charge is 0.164 e. The average molecular weight is 328 g/mol. The van der Waals surface area contributed by atoms with Crippen LogP contribution >= 0.6 is 12.4 Å². The summed E-state index contributed by atoms with van der Waals surface area (Å²) in [4.78, 5) is 14.4. The van der Waals surface area contributed by atoms with E-state index in [1.54, 1.807) is 0 Å². The summed E-state index contributed by atoms with van der Waals surface area (Å²) in [6.45, 7) is 7.10. The molecule has 0 radical (unpaired) electrons. The topological polar surface area (TPSA) is 38.8 Å². The van der Waals surface area contributed by atoms with Crippen molar-refractivity contribution in [2.24, 2.45) is 0 Å². The zero-order valence-corrected chi connectivity index (χ0v) is 14.1. The second-order valence-corrected chi connectivity index (χ2v) is 5.35. The molecule has 0 amide bonds. The van der Waals surface area contributed by atoms with Crippen molar-refractivity contribution in [1.82, 2.24) is 4.90 Å². The molecule has 1 aliphatic rings.